The lowest BCUT2D eigenvalue weighted by atomic mass is 9.98. The quantitative estimate of drug-likeness (QED) is 0.390. The van der Waals surface area contributed by atoms with Crippen molar-refractivity contribution in [2.24, 2.45) is 23.7 Å². The van der Waals surface area contributed by atoms with Crippen LogP contribution in [-0.2, 0) is 42.9 Å². The lowest BCUT2D eigenvalue weighted by molar-refractivity contribution is -0.236. The molecule has 0 N–H and O–H groups in total. The van der Waals surface area contributed by atoms with Gasteiger partial charge in [-0.3, -0.25) is 19.2 Å². The molecule has 0 aromatic rings. The Morgan fingerprint density at radius 3 is 1.55 bits per heavy atom. The van der Waals surface area contributed by atoms with E-state index in [1.54, 1.807) is 55.4 Å². The molecule has 1 saturated heterocycles. The molecule has 1 fully saturated rings. The molecule has 1 aliphatic heterocycles. The summed E-state index contributed by atoms with van der Waals surface area (Å²) >= 11 is 0. The van der Waals surface area contributed by atoms with Gasteiger partial charge in [-0.15, -0.1) is 0 Å². The van der Waals surface area contributed by atoms with E-state index in [0.29, 0.717) is 0 Å². The highest BCUT2D eigenvalue weighted by atomic mass is 16.7. The van der Waals surface area contributed by atoms with E-state index < -0.39 is 66.0 Å². The Bertz CT molecular complexity index is 639. The van der Waals surface area contributed by atoms with Gasteiger partial charge >= 0.3 is 23.9 Å². The molecular formula is C22H36O9. The molecule has 9 heteroatoms. The highest BCUT2D eigenvalue weighted by Gasteiger charge is 2.48. The topological polar surface area (TPSA) is 114 Å². The number of esters is 4. The fraction of sp³-hybridized carbons (Fsp3) is 0.818. The van der Waals surface area contributed by atoms with Crippen molar-refractivity contribution in [3.63, 3.8) is 0 Å². The van der Waals surface area contributed by atoms with Gasteiger partial charge in [0.2, 0.25) is 0 Å². The highest BCUT2D eigenvalue weighted by Crippen LogP contribution is 2.27. The van der Waals surface area contributed by atoms with Crippen LogP contribution in [0.4, 0.5) is 0 Å². The van der Waals surface area contributed by atoms with Gasteiger partial charge in [-0.1, -0.05) is 55.4 Å². The van der Waals surface area contributed by atoms with Gasteiger partial charge in [0.25, 0.3) is 0 Å². The maximum absolute atomic E-state index is 12.4. The van der Waals surface area contributed by atoms with Crippen molar-refractivity contribution in [3.8, 4) is 0 Å². The van der Waals surface area contributed by atoms with Crippen molar-refractivity contribution < 1.29 is 42.9 Å². The van der Waals surface area contributed by atoms with E-state index in [1.807, 2.05) is 0 Å². The Morgan fingerprint density at radius 1 is 0.677 bits per heavy atom. The van der Waals surface area contributed by atoms with Crippen LogP contribution < -0.4 is 0 Å². The maximum Gasteiger partial charge on any atom is 0.308 e. The number of rotatable bonds is 9. The van der Waals surface area contributed by atoms with E-state index in [-0.39, 0.29) is 19.1 Å². The summed E-state index contributed by atoms with van der Waals surface area (Å²) in [6.07, 6.45) is -4.07. The van der Waals surface area contributed by atoms with Gasteiger partial charge < -0.3 is 23.7 Å². The van der Waals surface area contributed by atoms with Gasteiger partial charge in [-0.25, -0.2) is 0 Å². The number of carbonyl (C=O) groups excluding carboxylic acids is 4. The zero-order valence-corrected chi connectivity index (χ0v) is 19.7. The number of carbonyl (C=O) groups is 4. The predicted octanol–water partition coefficient (Wildman–Crippen LogP) is 2.29. The van der Waals surface area contributed by atoms with E-state index in [1.165, 1.54) is 0 Å². The molecule has 0 aromatic carbocycles. The molecule has 0 unspecified atom stereocenters. The number of hydrogen-bond donors (Lipinski definition) is 0. The van der Waals surface area contributed by atoms with Gasteiger partial charge in [-0.2, -0.15) is 0 Å². The summed E-state index contributed by atoms with van der Waals surface area (Å²) in [5, 5.41) is 0. The van der Waals surface area contributed by atoms with E-state index in [9.17, 15) is 19.2 Å². The maximum atomic E-state index is 12.4. The molecule has 0 radical (unpaired) electrons. The first-order valence-electron chi connectivity index (χ1n) is 10.7. The summed E-state index contributed by atoms with van der Waals surface area (Å²) in [7, 11) is 0. The molecule has 0 aliphatic carbocycles. The minimum atomic E-state index is -1.11. The van der Waals surface area contributed by atoms with Crippen LogP contribution in [0.3, 0.4) is 0 Å². The fourth-order valence-electron chi connectivity index (χ4n) is 2.52. The molecule has 1 heterocycles. The Morgan fingerprint density at radius 2 is 1.10 bits per heavy atom. The van der Waals surface area contributed by atoms with Gasteiger partial charge in [0.15, 0.2) is 18.3 Å². The van der Waals surface area contributed by atoms with Crippen molar-refractivity contribution in [2.45, 2.75) is 79.8 Å². The van der Waals surface area contributed by atoms with E-state index >= 15 is 0 Å². The summed E-state index contributed by atoms with van der Waals surface area (Å²) < 4.78 is 27.7. The molecule has 0 aromatic heterocycles. The van der Waals surface area contributed by atoms with Gasteiger partial charge in [-0.05, 0) is 0 Å². The standard InChI is InChI=1S/C22H36O9/c1-11(2)19(23)28-9-15-17(30-21(25)13(5)6)18(31-22(26)14(7)8)16(10-27-15)29-20(24)12(3)4/h11-18H,9-10H2,1-8H3/t15-,16+,17+,18-/m1/s1. The zero-order valence-electron chi connectivity index (χ0n) is 19.7. The molecule has 9 nitrogen and oxygen atoms in total. The molecule has 0 amide bonds. The lowest BCUT2D eigenvalue weighted by Crippen LogP contribution is -2.59. The third-order valence-electron chi connectivity index (χ3n) is 4.58. The van der Waals surface area contributed by atoms with Crippen molar-refractivity contribution in [1.82, 2.24) is 0 Å². The van der Waals surface area contributed by atoms with Crippen LogP contribution in [0.15, 0.2) is 0 Å². The molecule has 178 valence electrons. The fourth-order valence-corrected chi connectivity index (χ4v) is 2.52. The minimum absolute atomic E-state index is 0.103. The molecule has 0 saturated carbocycles. The first kappa shape index (κ1) is 26.9. The van der Waals surface area contributed by atoms with Crippen LogP contribution in [0.1, 0.15) is 55.4 Å². The summed E-state index contributed by atoms with van der Waals surface area (Å²) in [6.45, 7) is 13.1. The summed E-state index contributed by atoms with van der Waals surface area (Å²) in [6, 6.07) is 0. The average Bonchev–Trinajstić information content (AvgIpc) is 2.68. The van der Waals surface area contributed by atoms with E-state index in [0.717, 1.165) is 0 Å². The summed E-state index contributed by atoms with van der Waals surface area (Å²) in [5.74, 6) is -3.71. The Labute approximate surface area is 184 Å². The Balaban J connectivity index is 3.20. The lowest BCUT2D eigenvalue weighted by Gasteiger charge is -2.41. The molecular weight excluding hydrogens is 408 g/mol. The van der Waals surface area contributed by atoms with Crippen LogP contribution in [-0.4, -0.2) is 61.5 Å². The third kappa shape index (κ3) is 8.12. The first-order chi connectivity index (χ1) is 14.3. The second kappa shape index (κ2) is 12.0. The Kier molecular flexibility index (Phi) is 10.4. The van der Waals surface area contributed by atoms with E-state index in [4.69, 9.17) is 23.7 Å². The SMILES string of the molecule is CC(C)C(=O)OC[C@H]1OC[C@H](OC(=O)C(C)C)[C@@H](OC(=O)C(C)C)[C@H]1OC(=O)C(C)C. The van der Waals surface area contributed by atoms with Crippen LogP contribution in [0.2, 0.25) is 0 Å². The molecule has 31 heavy (non-hydrogen) atoms. The van der Waals surface area contributed by atoms with Crippen LogP contribution in [0.5, 0.6) is 0 Å². The summed E-state index contributed by atoms with van der Waals surface area (Å²) in [5.41, 5.74) is 0. The minimum Gasteiger partial charge on any atom is -0.463 e. The van der Waals surface area contributed by atoms with Gasteiger partial charge in [0.05, 0.1) is 30.3 Å². The van der Waals surface area contributed by atoms with Gasteiger partial charge in [0, 0.05) is 0 Å². The monoisotopic (exact) mass is 444 g/mol. The second-order valence-corrected chi connectivity index (χ2v) is 8.90. The highest BCUT2D eigenvalue weighted by molar-refractivity contribution is 5.74. The molecule has 0 spiro atoms. The summed E-state index contributed by atoms with van der Waals surface area (Å²) in [4.78, 5) is 48.9. The predicted molar refractivity (Wildman–Crippen MR) is 110 cm³/mol. The molecule has 4 atom stereocenters. The molecule has 1 rings (SSSR count). The average molecular weight is 445 g/mol. The number of ether oxygens (including phenoxy) is 5. The zero-order chi connectivity index (χ0) is 23.9. The molecule has 0 bridgehead atoms. The molecule has 1 aliphatic rings. The largest absolute Gasteiger partial charge is 0.463 e. The smallest absolute Gasteiger partial charge is 0.308 e. The van der Waals surface area contributed by atoms with Crippen molar-refractivity contribution in [2.75, 3.05) is 13.2 Å². The van der Waals surface area contributed by atoms with Crippen LogP contribution in [0.25, 0.3) is 0 Å². The van der Waals surface area contributed by atoms with Crippen LogP contribution in [0, 0.1) is 23.7 Å². The van der Waals surface area contributed by atoms with Gasteiger partial charge in [0.1, 0.15) is 12.7 Å². The third-order valence-corrected chi connectivity index (χ3v) is 4.58. The van der Waals surface area contributed by atoms with Crippen LogP contribution >= 0.6 is 0 Å². The van der Waals surface area contributed by atoms with Crippen molar-refractivity contribution >= 4 is 23.9 Å². The Hall–Kier alpha value is -2.16. The first-order valence-corrected chi connectivity index (χ1v) is 10.7. The number of hydrogen-bond acceptors (Lipinski definition) is 9. The van der Waals surface area contributed by atoms with Crippen molar-refractivity contribution in [3.05, 3.63) is 0 Å². The second-order valence-electron chi connectivity index (χ2n) is 8.90. The van der Waals surface area contributed by atoms with Crippen molar-refractivity contribution in [1.29, 1.82) is 0 Å². The van der Waals surface area contributed by atoms with E-state index in [2.05, 4.69) is 0 Å². The normalized spacial score (nSPS) is 23.7.